The molecule has 0 heterocycles. The molecule has 0 unspecified atom stereocenters. The van der Waals surface area contributed by atoms with Gasteiger partial charge in [-0.25, -0.2) is 0 Å². The van der Waals surface area contributed by atoms with Gasteiger partial charge < -0.3 is 4.74 Å². The molecule has 4 nitrogen and oxygen atoms in total. The molecule has 4 atom stereocenters. The summed E-state index contributed by atoms with van der Waals surface area (Å²) in [5.41, 5.74) is 1.14. The maximum atomic E-state index is 13.1. The minimum atomic E-state index is -0.441. The van der Waals surface area contributed by atoms with Gasteiger partial charge in [0, 0.05) is 21.5 Å². The topological polar surface area (TPSA) is 60.4 Å². The Morgan fingerprint density at radius 3 is 2.18 bits per heavy atom. The van der Waals surface area contributed by atoms with E-state index in [1.165, 1.54) is 0 Å². The van der Waals surface area contributed by atoms with E-state index in [1.54, 1.807) is 36.4 Å². The number of Topliss-reactive ketones (excluding diaryl/α,β-unsaturated/α-hetero) is 2. The number of hydrogen-bond donors (Lipinski definition) is 0. The number of rotatable bonds is 6. The highest BCUT2D eigenvalue weighted by Gasteiger charge is 2.54. The first kappa shape index (κ1) is 19.1. The van der Waals surface area contributed by atoms with Crippen LogP contribution in [-0.4, -0.2) is 24.1 Å². The van der Waals surface area contributed by atoms with Crippen molar-refractivity contribution < 1.29 is 19.1 Å². The van der Waals surface area contributed by atoms with Gasteiger partial charge >= 0.3 is 5.97 Å². The van der Waals surface area contributed by atoms with Crippen LogP contribution in [0.5, 0.6) is 0 Å². The first-order valence-corrected chi connectivity index (χ1v) is 10.4. The quantitative estimate of drug-likeness (QED) is 0.481. The highest BCUT2D eigenvalue weighted by molar-refractivity contribution is 9.10. The lowest BCUT2D eigenvalue weighted by Crippen LogP contribution is -2.36. The van der Waals surface area contributed by atoms with Crippen molar-refractivity contribution in [1.82, 2.24) is 0 Å². The number of benzene rings is 2. The fourth-order valence-corrected chi connectivity index (χ4v) is 5.02. The van der Waals surface area contributed by atoms with Crippen LogP contribution in [0.4, 0.5) is 0 Å². The monoisotopic (exact) mass is 440 g/mol. The minimum absolute atomic E-state index is 0.0222. The van der Waals surface area contributed by atoms with Crippen LogP contribution in [0.3, 0.4) is 0 Å². The van der Waals surface area contributed by atoms with Crippen molar-refractivity contribution in [3.63, 3.8) is 0 Å². The van der Waals surface area contributed by atoms with Crippen LogP contribution in [0, 0.1) is 23.7 Å². The van der Waals surface area contributed by atoms with Gasteiger partial charge in [0.25, 0.3) is 0 Å². The van der Waals surface area contributed by atoms with Gasteiger partial charge in [-0.3, -0.25) is 14.4 Å². The second kappa shape index (κ2) is 8.00. The zero-order valence-corrected chi connectivity index (χ0v) is 16.9. The molecule has 0 radical (unpaired) electrons. The van der Waals surface area contributed by atoms with Crippen molar-refractivity contribution >= 4 is 33.5 Å². The molecule has 28 heavy (non-hydrogen) atoms. The molecule has 0 amide bonds. The first-order valence-electron chi connectivity index (χ1n) is 9.59. The van der Waals surface area contributed by atoms with Gasteiger partial charge in [0.1, 0.15) is 0 Å². The van der Waals surface area contributed by atoms with Crippen LogP contribution in [0.2, 0.25) is 0 Å². The van der Waals surface area contributed by atoms with E-state index in [1.807, 2.05) is 18.2 Å². The number of ketones is 2. The normalized spacial score (nSPS) is 25.5. The second-order valence-electron chi connectivity index (χ2n) is 7.65. The summed E-state index contributed by atoms with van der Waals surface area (Å²) in [6.45, 7) is -0.291. The van der Waals surface area contributed by atoms with Gasteiger partial charge in [0.15, 0.2) is 18.2 Å². The van der Waals surface area contributed by atoms with Crippen LogP contribution in [0.15, 0.2) is 59.1 Å². The lowest BCUT2D eigenvalue weighted by atomic mass is 9.75. The average molecular weight is 441 g/mol. The Hall–Kier alpha value is -2.27. The smallest absolute Gasteiger partial charge is 0.310 e. The van der Waals surface area contributed by atoms with Crippen molar-refractivity contribution in [2.75, 3.05) is 6.61 Å². The maximum absolute atomic E-state index is 13.1. The van der Waals surface area contributed by atoms with Crippen LogP contribution >= 0.6 is 15.9 Å². The largest absolute Gasteiger partial charge is 0.457 e. The van der Waals surface area contributed by atoms with E-state index in [2.05, 4.69) is 15.9 Å². The SMILES string of the molecule is O=C(COC(=O)[C@H]1[C@H]2CC[C@@H](C2)[C@H]1C(=O)c1ccccc1)c1ccc(Br)cc1. The summed E-state index contributed by atoms with van der Waals surface area (Å²) in [5, 5.41) is 0. The zero-order chi connectivity index (χ0) is 19.7. The molecule has 2 aromatic rings. The van der Waals surface area contributed by atoms with Crippen molar-refractivity contribution in [2.24, 2.45) is 23.7 Å². The number of esters is 1. The fraction of sp³-hybridized carbons (Fsp3) is 0.348. The fourth-order valence-electron chi connectivity index (χ4n) is 4.75. The third-order valence-electron chi connectivity index (χ3n) is 6.06. The highest BCUT2D eigenvalue weighted by atomic mass is 79.9. The van der Waals surface area contributed by atoms with Gasteiger partial charge in [-0.1, -0.05) is 58.4 Å². The molecule has 0 N–H and O–H groups in total. The molecule has 4 rings (SSSR count). The summed E-state index contributed by atoms with van der Waals surface area (Å²) in [7, 11) is 0. The molecule has 5 heteroatoms. The van der Waals surface area contributed by atoms with Crippen LogP contribution in [-0.2, 0) is 9.53 Å². The lowest BCUT2D eigenvalue weighted by molar-refractivity contribution is -0.150. The van der Waals surface area contributed by atoms with Crippen LogP contribution < -0.4 is 0 Å². The Balaban J connectivity index is 1.45. The van der Waals surface area contributed by atoms with Gasteiger partial charge in [-0.15, -0.1) is 0 Å². The van der Waals surface area contributed by atoms with E-state index >= 15 is 0 Å². The first-order chi connectivity index (χ1) is 13.5. The Labute approximate surface area is 172 Å². The molecular formula is C23H21BrO4. The molecule has 2 fully saturated rings. The Morgan fingerprint density at radius 2 is 1.50 bits per heavy atom. The van der Waals surface area contributed by atoms with E-state index in [4.69, 9.17) is 4.74 Å². The summed E-state index contributed by atoms with van der Waals surface area (Å²) in [5.74, 6) is -0.994. The molecular weight excluding hydrogens is 420 g/mol. The predicted octanol–water partition coefficient (Wildman–Crippen LogP) is 4.72. The van der Waals surface area contributed by atoms with Crippen molar-refractivity contribution in [2.45, 2.75) is 19.3 Å². The Morgan fingerprint density at radius 1 is 0.857 bits per heavy atom. The Kier molecular flexibility index (Phi) is 5.44. The number of carbonyl (C=O) groups is 3. The van der Waals surface area contributed by atoms with Gasteiger partial charge in [-0.05, 0) is 43.2 Å². The summed E-state index contributed by atoms with van der Waals surface area (Å²) >= 11 is 3.33. The molecule has 0 aromatic heterocycles. The van der Waals surface area contributed by atoms with Crippen molar-refractivity contribution in [3.8, 4) is 0 Å². The number of hydrogen-bond acceptors (Lipinski definition) is 4. The van der Waals surface area contributed by atoms with E-state index in [9.17, 15) is 14.4 Å². The molecule has 2 bridgehead atoms. The third-order valence-corrected chi connectivity index (χ3v) is 6.59. The molecule has 0 spiro atoms. The second-order valence-corrected chi connectivity index (χ2v) is 8.57. The zero-order valence-electron chi connectivity index (χ0n) is 15.3. The van der Waals surface area contributed by atoms with E-state index in [-0.39, 0.29) is 35.9 Å². The highest BCUT2D eigenvalue weighted by Crippen LogP contribution is 2.53. The lowest BCUT2D eigenvalue weighted by Gasteiger charge is -2.28. The van der Waals surface area contributed by atoms with Gasteiger partial charge in [-0.2, -0.15) is 0 Å². The Bertz CT molecular complexity index is 891. The summed E-state index contributed by atoms with van der Waals surface area (Å²) in [4.78, 5) is 38.2. The minimum Gasteiger partial charge on any atom is -0.457 e. The molecule has 144 valence electrons. The van der Waals surface area contributed by atoms with E-state index in [0.29, 0.717) is 11.1 Å². The molecule has 2 aliphatic carbocycles. The molecule has 2 aliphatic rings. The number of ether oxygens (including phenoxy) is 1. The van der Waals surface area contributed by atoms with Crippen molar-refractivity contribution in [1.29, 1.82) is 0 Å². The summed E-state index contributed by atoms with van der Waals surface area (Å²) in [6.07, 6.45) is 2.82. The number of halogens is 1. The predicted molar refractivity (Wildman–Crippen MR) is 108 cm³/mol. The maximum Gasteiger partial charge on any atom is 0.310 e. The summed E-state index contributed by atoms with van der Waals surface area (Å²) in [6, 6.07) is 16.1. The van der Waals surface area contributed by atoms with Gasteiger partial charge in [0.2, 0.25) is 0 Å². The average Bonchev–Trinajstić information content (AvgIpc) is 3.34. The van der Waals surface area contributed by atoms with E-state index < -0.39 is 11.9 Å². The van der Waals surface area contributed by atoms with Gasteiger partial charge in [0.05, 0.1) is 5.92 Å². The van der Waals surface area contributed by atoms with Crippen LogP contribution in [0.25, 0.3) is 0 Å². The summed E-state index contributed by atoms with van der Waals surface area (Å²) < 4.78 is 6.27. The van der Waals surface area contributed by atoms with Crippen LogP contribution in [0.1, 0.15) is 40.0 Å². The van der Waals surface area contributed by atoms with E-state index in [0.717, 1.165) is 23.7 Å². The number of fused-ring (bicyclic) bond motifs is 2. The standard InChI is InChI=1S/C23H21BrO4/c24-18-10-8-14(9-11-18)19(25)13-28-23(27)21-17-7-6-16(12-17)20(21)22(26)15-4-2-1-3-5-15/h1-5,8-11,16-17,20-21H,6-7,12-13H2/t16-,17-,20+,21-/m0/s1. The third kappa shape index (κ3) is 3.68. The molecule has 2 aromatic carbocycles. The molecule has 2 saturated carbocycles. The molecule has 0 aliphatic heterocycles. The number of carbonyl (C=O) groups excluding carboxylic acids is 3. The molecule has 0 saturated heterocycles. The van der Waals surface area contributed by atoms with Crippen molar-refractivity contribution in [3.05, 3.63) is 70.2 Å².